The lowest BCUT2D eigenvalue weighted by Crippen LogP contribution is -2.25. The minimum Gasteiger partial charge on any atom is -0.356 e. The van der Waals surface area contributed by atoms with Gasteiger partial charge in [0.1, 0.15) is 5.01 Å². The van der Waals surface area contributed by atoms with Gasteiger partial charge in [-0.2, -0.15) is 0 Å². The summed E-state index contributed by atoms with van der Waals surface area (Å²) >= 11 is 1.62. The Balaban J connectivity index is 1.32. The van der Waals surface area contributed by atoms with Gasteiger partial charge < -0.3 is 5.32 Å². The molecule has 5 heteroatoms. The summed E-state index contributed by atoms with van der Waals surface area (Å²) in [5.41, 5.74) is 3.44. The van der Waals surface area contributed by atoms with E-state index in [9.17, 15) is 4.79 Å². The SMILES string of the molecule is O=C(CCCCc1ccccc1)NCCc1csc(-c2ccncc2)n1. The highest BCUT2D eigenvalue weighted by Gasteiger charge is 2.06. The van der Waals surface area contributed by atoms with Gasteiger partial charge in [-0.25, -0.2) is 4.98 Å². The molecule has 0 aliphatic heterocycles. The van der Waals surface area contributed by atoms with Gasteiger partial charge in [0.15, 0.2) is 0 Å². The van der Waals surface area contributed by atoms with Gasteiger partial charge in [0, 0.05) is 42.7 Å². The molecule has 3 rings (SSSR count). The summed E-state index contributed by atoms with van der Waals surface area (Å²) < 4.78 is 0. The lowest BCUT2D eigenvalue weighted by Gasteiger charge is -2.04. The van der Waals surface area contributed by atoms with Crippen LogP contribution in [0.5, 0.6) is 0 Å². The van der Waals surface area contributed by atoms with Crippen molar-refractivity contribution in [2.24, 2.45) is 0 Å². The molecule has 0 unspecified atom stereocenters. The molecule has 0 saturated carbocycles. The molecule has 3 aromatic rings. The summed E-state index contributed by atoms with van der Waals surface area (Å²) in [5, 5.41) is 6.05. The summed E-state index contributed by atoms with van der Waals surface area (Å²) in [4.78, 5) is 20.6. The minimum absolute atomic E-state index is 0.127. The van der Waals surface area contributed by atoms with Gasteiger partial charge in [-0.05, 0) is 37.0 Å². The molecular formula is C21H23N3OS. The molecule has 0 atom stereocenters. The van der Waals surface area contributed by atoms with Gasteiger partial charge >= 0.3 is 0 Å². The van der Waals surface area contributed by atoms with Gasteiger partial charge in [-0.3, -0.25) is 9.78 Å². The van der Waals surface area contributed by atoms with E-state index in [1.54, 1.807) is 23.7 Å². The Morgan fingerprint density at radius 3 is 2.62 bits per heavy atom. The van der Waals surface area contributed by atoms with E-state index in [4.69, 9.17) is 0 Å². The van der Waals surface area contributed by atoms with Crippen molar-refractivity contribution in [2.45, 2.75) is 32.1 Å². The fourth-order valence-electron chi connectivity index (χ4n) is 2.73. The quantitative estimate of drug-likeness (QED) is 0.576. The first-order chi connectivity index (χ1) is 12.8. The molecule has 0 aliphatic carbocycles. The molecule has 0 aliphatic rings. The fraction of sp³-hybridized carbons (Fsp3) is 0.286. The average molecular weight is 366 g/mol. The normalized spacial score (nSPS) is 10.6. The minimum atomic E-state index is 0.127. The van der Waals surface area contributed by atoms with Crippen LogP contribution in [0.15, 0.2) is 60.2 Å². The summed E-state index contributed by atoms with van der Waals surface area (Å²) in [7, 11) is 0. The smallest absolute Gasteiger partial charge is 0.220 e. The number of aromatic nitrogens is 2. The first-order valence-electron chi connectivity index (χ1n) is 8.97. The highest BCUT2D eigenvalue weighted by atomic mass is 32.1. The number of carbonyl (C=O) groups excluding carboxylic acids is 1. The van der Waals surface area contributed by atoms with E-state index < -0.39 is 0 Å². The number of pyridine rings is 1. The summed E-state index contributed by atoms with van der Waals surface area (Å²) in [6.07, 6.45) is 7.89. The monoisotopic (exact) mass is 365 g/mol. The highest BCUT2D eigenvalue weighted by Crippen LogP contribution is 2.22. The second-order valence-electron chi connectivity index (χ2n) is 6.17. The van der Waals surface area contributed by atoms with E-state index >= 15 is 0 Å². The molecule has 2 heterocycles. The zero-order valence-corrected chi connectivity index (χ0v) is 15.5. The molecule has 2 aromatic heterocycles. The van der Waals surface area contributed by atoms with E-state index in [1.807, 2.05) is 18.2 Å². The maximum Gasteiger partial charge on any atom is 0.220 e. The number of hydrogen-bond acceptors (Lipinski definition) is 4. The van der Waals surface area contributed by atoms with Crippen LogP contribution < -0.4 is 5.32 Å². The Morgan fingerprint density at radius 1 is 1.00 bits per heavy atom. The molecule has 0 spiro atoms. The van der Waals surface area contributed by atoms with Crippen LogP contribution >= 0.6 is 11.3 Å². The lowest BCUT2D eigenvalue weighted by molar-refractivity contribution is -0.121. The predicted octanol–water partition coefficient (Wildman–Crippen LogP) is 4.28. The number of rotatable bonds is 9. The molecule has 0 saturated heterocycles. The van der Waals surface area contributed by atoms with Gasteiger partial charge in [0.25, 0.3) is 0 Å². The van der Waals surface area contributed by atoms with Crippen molar-refractivity contribution in [3.8, 4) is 10.6 Å². The number of benzene rings is 1. The first-order valence-corrected chi connectivity index (χ1v) is 9.84. The third-order valence-electron chi connectivity index (χ3n) is 4.14. The Kier molecular flexibility index (Phi) is 6.90. The van der Waals surface area contributed by atoms with E-state index in [-0.39, 0.29) is 5.91 Å². The molecule has 1 aromatic carbocycles. The Bertz CT molecular complexity index is 802. The van der Waals surface area contributed by atoms with Gasteiger partial charge in [0.2, 0.25) is 5.91 Å². The third kappa shape index (κ3) is 5.77. The maximum absolute atomic E-state index is 11.9. The van der Waals surface area contributed by atoms with E-state index in [1.165, 1.54) is 5.56 Å². The number of amides is 1. The number of carbonyl (C=O) groups is 1. The summed E-state index contributed by atoms with van der Waals surface area (Å²) in [6, 6.07) is 14.3. The zero-order valence-electron chi connectivity index (χ0n) is 14.7. The Morgan fingerprint density at radius 2 is 1.81 bits per heavy atom. The van der Waals surface area contributed by atoms with Crippen molar-refractivity contribution in [2.75, 3.05) is 6.54 Å². The van der Waals surface area contributed by atoms with Crippen LogP contribution in [-0.4, -0.2) is 22.4 Å². The van der Waals surface area contributed by atoms with Crippen molar-refractivity contribution in [3.05, 3.63) is 71.5 Å². The van der Waals surface area contributed by atoms with Crippen LogP contribution in [0, 0.1) is 0 Å². The van der Waals surface area contributed by atoms with Crippen LogP contribution in [0.1, 0.15) is 30.5 Å². The predicted molar refractivity (Wildman–Crippen MR) is 106 cm³/mol. The van der Waals surface area contributed by atoms with E-state index in [2.05, 4.69) is 44.9 Å². The number of nitrogens with one attached hydrogen (secondary N) is 1. The Hall–Kier alpha value is -2.53. The second kappa shape index (κ2) is 9.82. The highest BCUT2D eigenvalue weighted by molar-refractivity contribution is 7.13. The van der Waals surface area contributed by atoms with Crippen molar-refractivity contribution >= 4 is 17.2 Å². The molecule has 4 nitrogen and oxygen atoms in total. The zero-order chi connectivity index (χ0) is 18.0. The van der Waals surface area contributed by atoms with Crippen LogP contribution in [0.25, 0.3) is 10.6 Å². The lowest BCUT2D eigenvalue weighted by atomic mass is 10.1. The molecule has 0 bridgehead atoms. The second-order valence-corrected chi connectivity index (χ2v) is 7.03. The molecule has 26 heavy (non-hydrogen) atoms. The van der Waals surface area contributed by atoms with Crippen molar-refractivity contribution < 1.29 is 4.79 Å². The van der Waals surface area contributed by atoms with E-state index in [0.29, 0.717) is 13.0 Å². The molecule has 0 radical (unpaired) electrons. The van der Waals surface area contributed by atoms with Gasteiger partial charge in [0.05, 0.1) is 5.69 Å². The van der Waals surface area contributed by atoms with Crippen LogP contribution in [0.2, 0.25) is 0 Å². The molecule has 1 amide bonds. The average Bonchev–Trinajstić information content (AvgIpc) is 3.16. The number of thiazole rings is 1. The first kappa shape index (κ1) is 18.3. The van der Waals surface area contributed by atoms with Crippen LogP contribution in [0.3, 0.4) is 0 Å². The molecule has 0 fully saturated rings. The number of unbranched alkanes of at least 4 members (excludes halogenated alkanes) is 1. The molecule has 134 valence electrons. The maximum atomic E-state index is 11.9. The number of hydrogen-bond donors (Lipinski definition) is 1. The van der Waals surface area contributed by atoms with Crippen molar-refractivity contribution in [1.82, 2.24) is 15.3 Å². The summed E-state index contributed by atoms with van der Waals surface area (Å²) in [6.45, 7) is 0.636. The number of nitrogens with zero attached hydrogens (tertiary/aromatic N) is 2. The Labute approximate surface area is 158 Å². The third-order valence-corrected chi connectivity index (χ3v) is 5.08. The van der Waals surface area contributed by atoms with Crippen LogP contribution in [0.4, 0.5) is 0 Å². The molecule has 1 N–H and O–H groups in total. The van der Waals surface area contributed by atoms with Crippen molar-refractivity contribution in [3.63, 3.8) is 0 Å². The van der Waals surface area contributed by atoms with Gasteiger partial charge in [-0.1, -0.05) is 30.3 Å². The topological polar surface area (TPSA) is 54.9 Å². The molecular weight excluding hydrogens is 342 g/mol. The summed E-state index contributed by atoms with van der Waals surface area (Å²) in [5.74, 6) is 0.127. The fourth-order valence-corrected chi connectivity index (χ4v) is 3.59. The van der Waals surface area contributed by atoms with Gasteiger partial charge in [-0.15, -0.1) is 11.3 Å². The number of aryl methyl sites for hydroxylation is 1. The van der Waals surface area contributed by atoms with E-state index in [0.717, 1.165) is 41.9 Å². The van der Waals surface area contributed by atoms with Crippen molar-refractivity contribution in [1.29, 1.82) is 0 Å². The van der Waals surface area contributed by atoms with Crippen LogP contribution in [-0.2, 0) is 17.6 Å². The standard InChI is InChI=1S/C21H23N3OS/c25-20(9-5-4-8-17-6-2-1-3-7-17)23-15-12-19-16-26-21(24-19)18-10-13-22-14-11-18/h1-3,6-7,10-11,13-14,16H,4-5,8-9,12,15H2,(H,23,25). The largest absolute Gasteiger partial charge is 0.356 e.